The number of unbranched alkanes of at least 4 members (excludes halogenated alkanes) is 2. The molecule has 0 bridgehead atoms. The fourth-order valence-electron chi connectivity index (χ4n) is 4.30. The van der Waals surface area contributed by atoms with E-state index in [1.165, 1.54) is 63.0 Å². The highest BCUT2D eigenvalue weighted by molar-refractivity contribution is 5.64. The van der Waals surface area contributed by atoms with Gasteiger partial charge < -0.3 is 4.74 Å². The summed E-state index contributed by atoms with van der Waals surface area (Å²) >= 11 is 0. The second kappa shape index (κ2) is 9.64. The molecule has 2 aromatic rings. The van der Waals surface area contributed by atoms with E-state index < -0.39 is 17.9 Å². The third kappa shape index (κ3) is 6.22. The predicted octanol–water partition coefficient (Wildman–Crippen LogP) is 8.25. The van der Waals surface area contributed by atoms with E-state index in [4.69, 9.17) is 0 Å². The molecule has 0 atom stereocenters. The molecule has 1 aliphatic carbocycles. The first-order valence-electron chi connectivity index (χ1n) is 10.5. The van der Waals surface area contributed by atoms with Gasteiger partial charge in [-0.15, -0.1) is 13.2 Å². The van der Waals surface area contributed by atoms with Gasteiger partial charge in [0.05, 0.1) is 0 Å². The number of hydrogen-bond acceptors (Lipinski definition) is 1. The van der Waals surface area contributed by atoms with Crippen LogP contribution in [0.15, 0.2) is 42.5 Å². The van der Waals surface area contributed by atoms with Crippen LogP contribution in [0.2, 0.25) is 0 Å². The Bertz CT molecular complexity index is 774. The highest BCUT2D eigenvalue weighted by atomic mass is 19.4. The lowest BCUT2D eigenvalue weighted by Gasteiger charge is -2.29. The number of alkyl halides is 3. The van der Waals surface area contributed by atoms with Crippen LogP contribution >= 0.6 is 0 Å². The Kier molecular flexibility index (Phi) is 7.20. The monoisotopic (exact) mass is 408 g/mol. The molecule has 158 valence electrons. The summed E-state index contributed by atoms with van der Waals surface area (Å²) in [6, 6.07) is 11.5. The van der Waals surface area contributed by atoms with Gasteiger partial charge in [-0.3, -0.25) is 0 Å². The van der Waals surface area contributed by atoms with Crippen LogP contribution in [0, 0.1) is 11.7 Å². The molecular weight excluding hydrogens is 380 g/mol. The van der Waals surface area contributed by atoms with E-state index in [0.29, 0.717) is 11.5 Å². The zero-order valence-electron chi connectivity index (χ0n) is 16.8. The Balaban J connectivity index is 1.60. The van der Waals surface area contributed by atoms with Crippen LogP contribution in [0.4, 0.5) is 17.6 Å². The molecule has 0 amide bonds. The largest absolute Gasteiger partial charge is 0.573 e. The summed E-state index contributed by atoms with van der Waals surface area (Å²) in [5.74, 6) is -0.415. The van der Waals surface area contributed by atoms with Gasteiger partial charge in [0, 0.05) is 0 Å². The minimum atomic E-state index is -4.90. The summed E-state index contributed by atoms with van der Waals surface area (Å²) in [6.45, 7) is 2.24. The fraction of sp³-hybridized carbons (Fsp3) is 0.500. The third-order valence-corrected chi connectivity index (χ3v) is 5.94. The lowest BCUT2D eigenvalue weighted by molar-refractivity contribution is -0.275. The molecule has 1 aliphatic rings. The molecule has 0 heterocycles. The van der Waals surface area contributed by atoms with Gasteiger partial charge in [0.2, 0.25) is 0 Å². The van der Waals surface area contributed by atoms with Gasteiger partial charge >= 0.3 is 6.36 Å². The quantitative estimate of drug-likeness (QED) is 0.331. The summed E-state index contributed by atoms with van der Waals surface area (Å²) < 4.78 is 54.5. The molecule has 3 rings (SSSR count). The van der Waals surface area contributed by atoms with E-state index in [1.54, 1.807) is 0 Å². The molecule has 2 aromatic carbocycles. The number of hydrogen-bond donors (Lipinski definition) is 0. The van der Waals surface area contributed by atoms with Gasteiger partial charge in [-0.2, -0.15) is 0 Å². The van der Waals surface area contributed by atoms with Crippen LogP contribution in [0.3, 0.4) is 0 Å². The highest BCUT2D eigenvalue weighted by Gasteiger charge is 2.32. The summed E-state index contributed by atoms with van der Waals surface area (Å²) in [5.41, 5.74) is 2.60. The maximum absolute atomic E-state index is 14.0. The maximum atomic E-state index is 14.0. The second-order valence-electron chi connectivity index (χ2n) is 8.03. The Hall–Kier alpha value is -2.04. The molecule has 0 N–H and O–H groups in total. The van der Waals surface area contributed by atoms with E-state index in [1.807, 2.05) is 12.1 Å². The summed E-state index contributed by atoms with van der Waals surface area (Å²) in [6.07, 6.45) is 5.34. The zero-order valence-corrected chi connectivity index (χ0v) is 16.8. The molecule has 0 unspecified atom stereocenters. The van der Waals surface area contributed by atoms with Crippen molar-refractivity contribution in [3.05, 3.63) is 53.8 Å². The van der Waals surface area contributed by atoms with Crippen molar-refractivity contribution in [2.75, 3.05) is 0 Å². The molecular formula is C24H28F4O. The summed E-state index contributed by atoms with van der Waals surface area (Å²) in [5, 5.41) is 0. The van der Waals surface area contributed by atoms with E-state index in [9.17, 15) is 17.6 Å². The Labute approximate surface area is 170 Å². The van der Waals surface area contributed by atoms with Crippen molar-refractivity contribution in [2.24, 2.45) is 5.92 Å². The van der Waals surface area contributed by atoms with E-state index in [2.05, 4.69) is 23.8 Å². The predicted molar refractivity (Wildman–Crippen MR) is 107 cm³/mol. The van der Waals surface area contributed by atoms with E-state index in [-0.39, 0.29) is 0 Å². The third-order valence-electron chi connectivity index (χ3n) is 5.94. The van der Waals surface area contributed by atoms with Gasteiger partial charge in [0.25, 0.3) is 0 Å². The minimum absolute atomic E-state index is 0.531. The molecule has 29 heavy (non-hydrogen) atoms. The number of ether oxygens (including phenoxy) is 1. The lowest BCUT2D eigenvalue weighted by atomic mass is 9.77. The van der Waals surface area contributed by atoms with Crippen LogP contribution in [-0.2, 0) is 0 Å². The van der Waals surface area contributed by atoms with Crippen molar-refractivity contribution >= 4 is 0 Å². The molecule has 1 saturated carbocycles. The zero-order chi connectivity index (χ0) is 20.9. The van der Waals surface area contributed by atoms with Crippen LogP contribution in [0.25, 0.3) is 11.1 Å². The fourth-order valence-corrected chi connectivity index (χ4v) is 4.30. The van der Waals surface area contributed by atoms with Crippen molar-refractivity contribution < 1.29 is 22.3 Å². The Morgan fingerprint density at radius 3 is 2.14 bits per heavy atom. The molecule has 1 nitrogen and oxygen atoms in total. The van der Waals surface area contributed by atoms with Crippen LogP contribution < -0.4 is 4.74 Å². The van der Waals surface area contributed by atoms with Crippen LogP contribution in [0.5, 0.6) is 5.75 Å². The molecule has 0 spiro atoms. The molecule has 0 aliphatic heterocycles. The molecule has 5 heteroatoms. The van der Waals surface area contributed by atoms with Crippen molar-refractivity contribution in [1.82, 2.24) is 0 Å². The van der Waals surface area contributed by atoms with E-state index >= 15 is 0 Å². The number of halogens is 4. The van der Waals surface area contributed by atoms with Crippen LogP contribution in [0.1, 0.15) is 69.8 Å². The number of benzene rings is 2. The van der Waals surface area contributed by atoms with Crippen LogP contribution in [-0.4, -0.2) is 6.36 Å². The van der Waals surface area contributed by atoms with Gasteiger partial charge in [-0.25, -0.2) is 4.39 Å². The normalized spacial score (nSPS) is 19.9. The molecule has 1 fully saturated rings. The lowest BCUT2D eigenvalue weighted by Crippen LogP contribution is -2.17. The smallest absolute Gasteiger partial charge is 0.403 e. The average Bonchev–Trinajstić information content (AvgIpc) is 2.69. The van der Waals surface area contributed by atoms with E-state index in [0.717, 1.165) is 23.6 Å². The maximum Gasteiger partial charge on any atom is 0.573 e. The molecule has 0 saturated heterocycles. The van der Waals surface area contributed by atoms with Crippen molar-refractivity contribution in [2.45, 2.75) is 70.6 Å². The molecule has 0 radical (unpaired) electrons. The minimum Gasteiger partial charge on any atom is -0.403 e. The highest BCUT2D eigenvalue weighted by Crippen LogP contribution is 2.38. The van der Waals surface area contributed by atoms with Crippen molar-refractivity contribution in [3.63, 3.8) is 0 Å². The topological polar surface area (TPSA) is 9.23 Å². The average molecular weight is 408 g/mol. The van der Waals surface area contributed by atoms with Gasteiger partial charge in [-0.05, 0) is 66.3 Å². The van der Waals surface area contributed by atoms with Gasteiger partial charge in [-0.1, -0.05) is 62.9 Å². The SMILES string of the molecule is CCCCC[C@H]1CC[C@H](c2ccc(-c3ccc(OC(F)(F)F)c(F)c3)cc2)CC1. The van der Waals surface area contributed by atoms with Crippen molar-refractivity contribution in [3.8, 4) is 16.9 Å². The van der Waals surface area contributed by atoms with Gasteiger partial charge in [0.15, 0.2) is 11.6 Å². The first-order valence-corrected chi connectivity index (χ1v) is 10.5. The summed E-state index contributed by atoms with van der Waals surface area (Å²) in [4.78, 5) is 0. The Morgan fingerprint density at radius 1 is 0.897 bits per heavy atom. The summed E-state index contributed by atoms with van der Waals surface area (Å²) in [7, 11) is 0. The number of rotatable bonds is 7. The Morgan fingerprint density at radius 2 is 1.55 bits per heavy atom. The van der Waals surface area contributed by atoms with Gasteiger partial charge in [0.1, 0.15) is 0 Å². The molecule has 0 aromatic heterocycles. The second-order valence-corrected chi connectivity index (χ2v) is 8.03. The first kappa shape index (κ1) is 21.7. The first-order chi connectivity index (χ1) is 13.9. The standard InChI is InChI=1S/C24H28F4O/c1-2-3-4-5-17-6-8-18(9-7-17)19-10-12-20(13-11-19)21-14-15-23(22(25)16-21)29-24(26,27)28/h10-18H,2-9H2,1H3/t17-,18-. The van der Waals surface area contributed by atoms with Crippen molar-refractivity contribution in [1.29, 1.82) is 0 Å².